The van der Waals surface area contributed by atoms with Gasteiger partial charge in [0.1, 0.15) is 0 Å². The second-order valence-electron chi connectivity index (χ2n) is 5.67. The van der Waals surface area contributed by atoms with E-state index < -0.39 is 30.1 Å². The fourth-order valence-corrected chi connectivity index (χ4v) is 1.81. The first kappa shape index (κ1) is 14.9. The van der Waals surface area contributed by atoms with E-state index in [1.807, 2.05) is 27.7 Å². The van der Waals surface area contributed by atoms with Crippen molar-refractivity contribution in [1.82, 2.24) is 4.98 Å². The fourth-order valence-electron chi connectivity index (χ4n) is 1.81. The third-order valence-electron chi connectivity index (χ3n) is 3.78. The Kier molecular flexibility index (Phi) is 3.60. The molecule has 0 unspecified atom stereocenters. The van der Waals surface area contributed by atoms with Gasteiger partial charge in [-0.25, -0.2) is 9.18 Å². The average molecular weight is 281 g/mol. The minimum atomic E-state index is -0.761. The van der Waals surface area contributed by atoms with Crippen LogP contribution in [0, 0.1) is 5.82 Å². The van der Waals surface area contributed by atoms with E-state index in [-0.39, 0.29) is 5.56 Å². The molecule has 0 aliphatic carbocycles. The van der Waals surface area contributed by atoms with Crippen LogP contribution < -0.4 is 5.59 Å². The SMILES string of the molecule is COC(=O)c1cc(B2OC(C)(C)C(C)(C)O2)ncc1F. The fraction of sp³-hybridized carbons (Fsp3) is 0.538. The molecule has 1 aliphatic rings. The van der Waals surface area contributed by atoms with Crippen molar-refractivity contribution in [3.8, 4) is 0 Å². The van der Waals surface area contributed by atoms with Crippen LogP contribution in [0.1, 0.15) is 38.1 Å². The van der Waals surface area contributed by atoms with E-state index in [1.54, 1.807) is 0 Å². The Balaban J connectivity index is 2.34. The number of pyridine rings is 1. The number of carbonyl (C=O) groups excluding carboxylic acids is 1. The molecular weight excluding hydrogens is 264 g/mol. The van der Waals surface area contributed by atoms with Gasteiger partial charge >= 0.3 is 13.1 Å². The van der Waals surface area contributed by atoms with Crippen LogP contribution in [-0.2, 0) is 14.0 Å². The Morgan fingerprint density at radius 3 is 2.35 bits per heavy atom. The maximum Gasteiger partial charge on any atom is 0.514 e. The number of aromatic nitrogens is 1. The Morgan fingerprint density at radius 1 is 1.30 bits per heavy atom. The lowest BCUT2D eigenvalue weighted by atomic mass is 9.83. The number of carbonyl (C=O) groups is 1. The molecule has 5 nitrogen and oxygen atoms in total. The molecule has 2 heterocycles. The van der Waals surface area contributed by atoms with Crippen molar-refractivity contribution in [2.75, 3.05) is 7.11 Å². The molecule has 1 aromatic rings. The molecule has 0 radical (unpaired) electrons. The molecular formula is C13H17BFNO4. The van der Waals surface area contributed by atoms with E-state index in [0.717, 1.165) is 6.20 Å². The summed E-state index contributed by atoms with van der Waals surface area (Å²) in [5.74, 6) is -1.50. The van der Waals surface area contributed by atoms with Gasteiger partial charge < -0.3 is 14.0 Å². The molecule has 7 heteroatoms. The van der Waals surface area contributed by atoms with Gasteiger partial charge in [-0.2, -0.15) is 0 Å². The number of esters is 1. The van der Waals surface area contributed by atoms with Crippen LogP contribution in [0.3, 0.4) is 0 Å². The summed E-state index contributed by atoms with van der Waals surface area (Å²) in [6, 6.07) is 1.29. The zero-order valence-corrected chi connectivity index (χ0v) is 12.2. The highest BCUT2D eigenvalue weighted by molar-refractivity contribution is 6.61. The molecule has 20 heavy (non-hydrogen) atoms. The van der Waals surface area contributed by atoms with Gasteiger partial charge in [0.15, 0.2) is 5.82 Å². The Morgan fingerprint density at radius 2 is 1.85 bits per heavy atom. The molecule has 1 fully saturated rings. The quantitative estimate of drug-likeness (QED) is 0.604. The van der Waals surface area contributed by atoms with Crippen LogP contribution in [0.25, 0.3) is 0 Å². The number of halogens is 1. The lowest BCUT2D eigenvalue weighted by Gasteiger charge is -2.32. The van der Waals surface area contributed by atoms with Crippen molar-refractivity contribution in [3.63, 3.8) is 0 Å². The first-order valence-corrected chi connectivity index (χ1v) is 6.27. The van der Waals surface area contributed by atoms with Gasteiger partial charge in [0.25, 0.3) is 0 Å². The molecule has 1 saturated heterocycles. The first-order valence-electron chi connectivity index (χ1n) is 6.27. The molecule has 0 aromatic carbocycles. The maximum absolute atomic E-state index is 13.6. The van der Waals surface area contributed by atoms with E-state index >= 15 is 0 Å². The van der Waals surface area contributed by atoms with E-state index in [2.05, 4.69) is 9.72 Å². The van der Waals surface area contributed by atoms with Gasteiger partial charge in [-0.1, -0.05) is 0 Å². The largest absolute Gasteiger partial charge is 0.514 e. The van der Waals surface area contributed by atoms with Crippen molar-refractivity contribution in [2.24, 2.45) is 0 Å². The molecule has 0 bridgehead atoms. The molecule has 0 N–H and O–H groups in total. The van der Waals surface area contributed by atoms with Crippen LogP contribution in [0.4, 0.5) is 4.39 Å². The van der Waals surface area contributed by atoms with E-state index in [1.165, 1.54) is 13.2 Å². The smallest absolute Gasteiger partial charge is 0.465 e. The summed E-state index contributed by atoms with van der Waals surface area (Å²) >= 11 is 0. The second kappa shape index (κ2) is 4.82. The zero-order valence-electron chi connectivity index (χ0n) is 12.2. The summed E-state index contributed by atoms with van der Waals surface area (Å²) in [5.41, 5.74) is -0.907. The molecule has 0 atom stereocenters. The summed E-state index contributed by atoms with van der Waals surface area (Å²) in [6.45, 7) is 7.60. The maximum atomic E-state index is 13.6. The molecule has 108 valence electrons. The molecule has 0 amide bonds. The number of rotatable bonds is 2. The van der Waals surface area contributed by atoms with E-state index in [4.69, 9.17) is 9.31 Å². The molecule has 0 spiro atoms. The number of nitrogens with zero attached hydrogens (tertiary/aromatic N) is 1. The predicted molar refractivity (Wildman–Crippen MR) is 71.3 cm³/mol. The van der Waals surface area contributed by atoms with Crippen LogP contribution >= 0.6 is 0 Å². The average Bonchev–Trinajstić information content (AvgIpc) is 2.58. The topological polar surface area (TPSA) is 57.7 Å². The number of ether oxygens (including phenoxy) is 1. The Hall–Kier alpha value is -1.47. The van der Waals surface area contributed by atoms with Crippen LogP contribution in [-0.4, -0.2) is 36.4 Å². The number of hydrogen-bond acceptors (Lipinski definition) is 5. The van der Waals surface area contributed by atoms with Crippen molar-refractivity contribution in [2.45, 2.75) is 38.9 Å². The van der Waals surface area contributed by atoms with Crippen molar-refractivity contribution < 1.29 is 23.2 Å². The highest BCUT2D eigenvalue weighted by Gasteiger charge is 2.52. The Labute approximate surface area is 117 Å². The van der Waals surface area contributed by atoms with Crippen LogP contribution in [0.5, 0.6) is 0 Å². The highest BCUT2D eigenvalue weighted by atomic mass is 19.1. The minimum absolute atomic E-state index is 0.188. The molecule has 1 aliphatic heterocycles. The monoisotopic (exact) mass is 281 g/mol. The predicted octanol–water partition coefficient (Wildman–Crippen LogP) is 1.31. The van der Waals surface area contributed by atoms with Crippen molar-refractivity contribution >= 4 is 18.7 Å². The molecule has 1 aromatic heterocycles. The lowest BCUT2D eigenvalue weighted by molar-refractivity contribution is 0.00578. The van der Waals surface area contributed by atoms with Gasteiger partial charge in [0.2, 0.25) is 0 Å². The summed E-state index contributed by atoms with van der Waals surface area (Å²) in [5, 5.41) is 0. The normalized spacial score (nSPS) is 20.0. The van der Waals surface area contributed by atoms with Crippen molar-refractivity contribution in [1.29, 1.82) is 0 Å². The van der Waals surface area contributed by atoms with E-state index in [0.29, 0.717) is 5.59 Å². The van der Waals surface area contributed by atoms with Gasteiger partial charge in [0.05, 0.1) is 35.7 Å². The number of methoxy groups -OCH3 is 1. The molecule has 0 saturated carbocycles. The lowest BCUT2D eigenvalue weighted by Crippen LogP contribution is -2.41. The highest BCUT2D eigenvalue weighted by Crippen LogP contribution is 2.36. The third-order valence-corrected chi connectivity index (χ3v) is 3.78. The second-order valence-corrected chi connectivity index (χ2v) is 5.67. The summed E-state index contributed by atoms with van der Waals surface area (Å²) < 4.78 is 29.7. The van der Waals surface area contributed by atoms with Gasteiger partial charge in [-0.15, -0.1) is 0 Å². The summed E-state index contributed by atoms with van der Waals surface area (Å²) in [6.07, 6.45) is 0.965. The van der Waals surface area contributed by atoms with Gasteiger partial charge in [0, 0.05) is 0 Å². The van der Waals surface area contributed by atoms with Crippen LogP contribution in [0.15, 0.2) is 12.3 Å². The van der Waals surface area contributed by atoms with Gasteiger partial charge in [-0.05, 0) is 33.8 Å². The zero-order chi connectivity index (χ0) is 15.1. The van der Waals surface area contributed by atoms with E-state index in [9.17, 15) is 9.18 Å². The third kappa shape index (κ3) is 2.43. The van der Waals surface area contributed by atoms with Gasteiger partial charge in [-0.3, -0.25) is 4.98 Å². The standard InChI is InChI=1S/C13H17BFNO4/c1-12(2)13(3,4)20-14(19-12)10-6-8(11(17)18-5)9(15)7-16-10/h6-7H,1-5H3. The van der Waals surface area contributed by atoms with Crippen LogP contribution in [0.2, 0.25) is 0 Å². The summed E-state index contributed by atoms with van der Waals surface area (Å²) in [4.78, 5) is 15.4. The molecule has 2 rings (SSSR count). The number of hydrogen-bond donors (Lipinski definition) is 0. The summed E-state index contributed by atoms with van der Waals surface area (Å²) in [7, 11) is 0.445. The van der Waals surface area contributed by atoms with Crippen molar-refractivity contribution in [3.05, 3.63) is 23.6 Å². The minimum Gasteiger partial charge on any atom is -0.465 e. The Bertz CT molecular complexity index is 531. The first-order chi connectivity index (χ1) is 9.18.